The van der Waals surface area contributed by atoms with E-state index in [1.807, 2.05) is 32.9 Å². The quantitative estimate of drug-likeness (QED) is 0.706. The summed E-state index contributed by atoms with van der Waals surface area (Å²) in [5.74, 6) is 0.626. The number of aryl methyl sites for hydroxylation is 1. The van der Waals surface area contributed by atoms with Gasteiger partial charge < -0.3 is 16.2 Å². The molecule has 1 heterocycles. The highest BCUT2D eigenvalue weighted by atomic mass is 16.3. The summed E-state index contributed by atoms with van der Waals surface area (Å²) < 4.78 is 0. The lowest BCUT2D eigenvalue weighted by Crippen LogP contribution is -2.42. The van der Waals surface area contributed by atoms with Crippen molar-refractivity contribution in [2.45, 2.75) is 39.3 Å². The van der Waals surface area contributed by atoms with E-state index in [1.54, 1.807) is 6.92 Å². The van der Waals surface area contributed by atoms with Crippen LogP contribution in [0, 0.1) is 6.92 Å². The fourth-order valence-electron chi connectivity index (χ4n) is 1.08. The number of aliphatic hydroxyl groups excluding tert-OH is 1. The Labute approximate surface area is 90.5 Å². The smallest absolute Gasteiger partial charge is 0.149 e. The molecule has 0 radical (unpaired) electrons. The van der Waals surface area contributed by atoms with Crippen LogP contribution in [0.2, 0.25) is 0 Å². The van der Waals surface area contributed by atoms with E-state index < -0.39 is 11.6 Å². The van der Waals surface area contributed by atoms with E-state index in [9.17, 15) is 5.11 Å². The van der Waals surface area contributed by atoms with E-state index >= 15 is 0 Å². The summed E-state index contributed by atoms with van der Waals surface area (Å²) in [5.41, 5.74) is 6.83. The third-order valence-corrected chi connectivity index (χ3v) is 2.55. The van der Waals surface area contributed by atoms with Crippen LogP contribution in [0.5, 0.6) is 0 Å². The van der Waals surface area contributed by atoms with Gasteiger partial charge in [-0.05, 0) is 39.8 Å². The number of nitrogens with zero attached hydrogens (tertiary/aromatic N) is 1. The third kappa shape index (κ3) is 2.83. The zero-order valence-electron chi connectivity index (χ0n) is 9.70. The Morgan fingerprint density at radius 3 is 2.60 bits per heavy atom. The van der Waals surface area contributed by atoms with Gasteiger partial charge in [-0.2, -0.15) is 0 Å². The van der Waals surface area contributed by atoms with Crippen LogP contribution in [-0.4, -0.2) is 21.7 Å². The maximum absolute atomic E-state index is 9.57. The second kappa shape index (κ2) is 4.06. The molecule has 1 atom stereocenters. The van der Waals surface area contributed by atoms with Crippen LogP contribution in [0.15, 0.2) is 12.1 Å². The molecule has 0 aliphatic carbocycles. The molecule has 0 saturated heterocycles. The molecule has 0 saturated carbocycles. The van der Waals surface area contributed by atoms with Crippen molar-refractivity contribution in [3.8, 4) is 0 Å². The van der Waals surface area contributed by atoms with Gasteiger partial charge >= 0.3 is 0 Å². The molecule has 4 nitrogen and oxygen atoms in total. The zero-order valence-corrected chi connectivity index (χ0v) is 9.70. The van der Waals surface area contributed by atoms with Gasteiger partial charge in [0, 0.05) is 5.69 Å². The summed E-state index contributed by atoms with van der Waals surface area (Å²) in [4.78, 5) is 4.29. The summed E-state index contributed by atoms with van der Waals surface area (Å²) in [7, 11) is 0. The number of hydrogen-bond donors (Lipinski definition) is 3. The predicted molar refractivity (Wildman–Crippen MR) is 62.8 cm³/mol. The molecule has 0 amide bonds. The molecule has 0 spiro atoms. The number of aliphatic hydroxyl groups is 1. The average Bonchev–Trinajstić information content (AvgIpc) is 2.10. The first-order valence-corrected chi connectivity index (χ1v) is 5.02. The summed E-state index contributed by atoms with van der Waals surface area (Å²) >= 11 is 0. The molecule has 15 heavy (non-hydrogen) atoms. The van der Waals surface area contributed by atoms with Crippen molar-refractivity contribution in [2.75, 3.05) is 11.1 Å². The van der Waals surface area contributed by atoms with E-state index in [2.05, 4.69) is 10.3 Å². The average molecular weight is 209 g/mol. The number of rotatable bonds is 3. The van der Waals surface area contributed by atoms with Gasteiger partial charge in [-0.1, -0.05) is 0 Å². The van der Waals surface area contributed by atoms with Crippen molar-refractivity contribution in [2.24, 2.45) is 0 Å². The third-order valence-electron chi connectivity index (χ3n) is 2.55. The van der Waals surface area contributed by atoms with Gasteiger partial charge in [-0.25, -0.2) is 4.98 Å². The van der Waals surface area contributed by atoms with E-state index in [-0.39, 0.29) is 0 Å². The molecule has 0 aliphatic heterocycles. The normalized spacial score (nSPS) is 13.7. The summed E-state index contributed by atoms with van der Waals surface area (Å²) in [6.45, 7) is 7.45. The lowest BCUT2D eigenvalue weighted by molar-refractivity contribution is 0.133. The Kier molecular flexibility index (Phi) is 3.19. The van der Waals surface area contributed by atoms with Crippen molar-refractivity contribution in [3.05, 3.63) is 17.8 Å². The van der Waals surface area contributed by atoms with Crippen LogP contribution in [0.4, 0.5) is 11.5 Å². The van der Waals surface area contributed by atoms with Crippen LogP contribution >= 0.6 is 0 Å². The zero-order chi connectivity index (χ0) is 11.6. The highest BCUT2D eigenvalue weighted by molar-refractivity contribution is 5.62. The van der Waals surface area contributed by atoms with Gasteiger partial charge in [0.25, 0.3) is 0 Å². The number of nitrogens with two attached hydrogens (primary N) is 1. The Balaban J connectivity index is 2.94. The Morgan fingerprint density at radius 2 is 2.07 bits per heavy atom. The largest absolute Gasteiger partial charge is 0.396 e. The molecule has 0 aromatic carbocycles. The topological polar surface area (TPSA) is 71.2 Å². The first kappa shape index (κ1) is 11.8. The van der Waals surface area contributed by atoms with Gasteiger partial charge in [-0.3, -0.25) is 0 Å². The standard InChI is InChI=1S/C11H19N3O/c1-7-5-6-9(12)10(13-7)14-11(3,4)8(2)15/h5-6,8,15H,12H2,1-4H3,(H,13,14). The number of nitrogens with one attached hydrogen (secondary N) is 1. The maximum Gasteiger partial charge on any atom is 0.149 e. The van der Waals surface area contributed by atoms with Crippen molar-refractivity contribution >= 4 is 11.5 Å². The number of pyridine rings is 1. The SMILES string of the molecule is Cc1ccc(N)c(NC(C)(C)C(C)O)n1. The maximum atomic E-state index is 9.57. The van der Waals surface area contributed by atoms with Crippen LogP contribution in [0.25, 0.3) is 0 Å². The number of nitrogen functional groups attached to an aromatic ring is 1. The summed E-state index contributed by atoms with van der Waals surface area (Å²) in [5, 5.41) is 12.7. The molecule has 84 valence electrons. The Hall–Kier alpha value is -1.29. The first-order valence-electron chi connectivity index (χ1n) is 5.02. The van der Waals surface area contributed by atoms with Crippen molar-refractivity contribution in [1.82, 2.24) is 4.98 Å². The van der Waals surface area contributed by atoms with Gasteiger partial charge in [0.15, 0.2) is 0 Å². The van der Waals surface area contributed by atoms with Crippen LogP contribution in [-0.2, 0) is 0 Å². The minimum absolute atomic E-state index is 0.449. The number of anilines is 2. The fourth-order valence-corrected chi connectivity index (χ4v) is 1.08. The molecule has 0 aliphatic rings. The molecule has 0 fully saturated rings. The molecule has 4 N–H and O–H groups in total. The minimum Gasteiger partial charge on any atom is -0.396 e. The number of aromatic nitrogens is 1. The highest BCUT2D eigenvalue weighted by Crippen LogP contribution is 2.22. The minimum atomic E-state index is -0.487. The summed E-state index contributed by atoms with van der Waals surface area (Å²) in [6, 6.07) is 3.67. The lowest BCUT2D eigenvalue weighted by Gasteiger charge is -2.30. The molecule has 4 heteroatoms. The van der Waals surface area contributed by atoms with Crippen molar-refractivity contribution < 1.29 is 5.11 Å². The second-order valence-electron chi connectivity index (χ2n) is 4.41. The van der Waals surface area contributed by atoms with Gasteiger partial charge in [-0.15, -0.1) is 0 Å². The molecular weight excluding hydrogens is 190 g/mol. The molecule has 0 bridgehead atoms. The van der Waals surface area contributed by atoms with E-state index in [1.165, 1.54) is 0 Å². The predicted octanol–water partition coefficient (Wildman–Crippen LogP) is 1.54. The monoisotopic (exact) mass is 209 g/mol. The lowest BCUT2D eigenvalue weighted by atomic mass is 9.99. The fraction of sp³-hybridized carbons (Fsp3) is 0.545. The van der Waals surface area contributed by atoms with E-state index in [4.69, 9.17) is 5.73 Å². The highest BCUT2D eigenvalue weighted by Gasteiger charge is 2.24. The Bertz CT molecular complexity index is 348. The summed E-state index contributed by atoms with van der Waals surface area (Å²) in [6.07, 6.45) is -0.487. The second-order valence-corrected chi connectivity index (χ2v) is 4.41. The molecule has 1 rings (SSSR count). The van der Waals surface area contributed by atoms with Gasteiger partial charge in [0.2, 0.25) is 0 Å². The Morgan fingerprint density at radius 1 is 1.47 bits per heavy atom. The van der Waals surface area contributed by atoms with Crippen LogP contribution in [0.1, 0.15) is 26.5 Å². The molecule has 1 aromatic rings. The van der Waals surface area contributed by atoms with E-state index in [0.717, 1.165) is 5.69 Å². The van der Waals surface area contributed by atoms with E-state index in [0.29, 0.717) is 11.5 Å². The van der Waals surface area contributed by atoms with Gasteiger partial charge in [0.05, 0.1) is 17.3 Å². The molecule has 1 unspecified atom stereocenters. The van der Waals surface area contributed by atoms with Crippen molar-refractivity contribution in [1.29, 1.82) is 0 Å². The number of hydrogen-bond acceptors (Lipinski definition) is 4. The first-order chi connectivity index (χ1) is 6.83. The van der Waals surface area contributed by atoms with Crippen LogP contribution in [0.3, 0.4) is 0 Å². The van der Waals surface area contributed by atoms with Gasteiger partial charge in [0.1, 0.15) is 5.82 Å². The molecular formula is C11H19N3O. The molecule has 1 aromatic heterocycles. The van der Waals surface area contributed by atoms with Crippen molar-refractivity contribution in [3.63, 3.8) is 0 Å². The van der Waals surface area contributed by atoms with Crippen LogP contribution < -0.4 is 11.1 Å².